The fourth-order valence-corrected chi connectivity index (χ4v) is 2.69. The van der Waals surface area contributed by atoms with Crippen LogP contribution in [0.4, 0.5) is 0 Å². The van der Waals surface area contributed by atoms with Crippen LogP contribution in [0, 0.1) is 0 Å². The summed E-state index contributed by atoms with van der Waals surface area (Å²) >= 11 is 6.80. The summed E-state index contributed by atoms with van der Waals surface area (Å²) in [5.74, 6) is 0.311. The van der Waals surface area contributed by atoms with Gasteiger partial charge in [0.25, 0.3) is 0 Å². The average molecular weight is 336 g/mol. The Morgan fingerprint density at radius 1 is 1.20 bits per heavy atom. The first-order chi connectivity index (χ1) is 7.20. The van der Waals surface area contributed by atoms with E-state index in [1.807, 2.05) is 12.1 Å². The van der Waals surface area contributed by atoms with Gasteiger partial charge in [-0.2, -0.15) is 0 Å². The molecule has 0 spiro atoms. The van der Waals surface area contributed by atoms with E-state index < -0.39 is 0 Å². The molecule has 1 saturated heterocycles. The van der Waals surface area contributed by atoms with Crippen molar-refractivity contribution >= 4 is 31.9 Å². The Hall–Kier alpha value is -0.100. The third-order valence-corrected chi connectivity index (χ3v) is 3.84. The van der Waals surface area contributed by atoms with Gasteiger partial charge in [-0.25, -0.2) is 0 Å². The number of aromatic hydroxyl groups is 1. The van der Waals surface area contributed by atoms with Crippen LogP contribution in [0.3, 0.4) is 0 Å². The second-order valence-electron chi connectivity index (χ2n) is 3.50. The van der Waals surface area contributed by atoms with Crippen molar-refractivity contribution in [1.29, 1.82) is 0 Å². The molecule has 0 unspecified atom stereocenters. The lowest BCUT2D eigenvalue weighted by atomic mass is 10.0. The van der Waals surface area contributed by atoms with E-state index in [-0.39, 0.29) is 6.04 Å². The molecule has 1 aliphatic heterocycles. The lowest BCUT2D eigenvalue weighted by molar-refractivity contribution is 0.402. The Balaban J connectivity index is 2.36. The average Bonchev–Trinajstić information content (AvgIpc) is 2.26. The number of phenolic OH excluding ortho intramolecular Hbond substituents is 1. The molecule has 0 aromatic heterocycles. The highest BCUT2D eigenvalue weighted by Crippen LogP contribution is 2.37. The van der Waals surface area contributed by atoms with Gasteiger partial charge < -0.3 is 15.7 Å². The second kappa shape index (κ2) is 4.82. The molecule has 3 N–H and O–H groups in total. The molecular weight excluding hydrogens is 324 g/mol. The fraction of sp³-hybridized carbons (Fsp3) is 0.400. The molecule has 0 amide bonds. The van der Waals surface area contributed by atoms with Crippen LogP contribution < -0.4 is 10.6 Å². The van der Waals surface area contributed by atoms with Gasteiger partial charge in [-0.15, -0.1) is 0 Å². The number of nitrogens with one attached hydrogen (secondary N) is 2. The molecule has 1 aromatic carbocycles. The highest BCUT2D eigenvalue weighted by Gasteiger charge is 2.21. The first kappa shape index (κ1) is 11.4. The molecule has 82 valence electrons. The van der Waals surface area contributed by atoms with Crippen LogP contribution in [-0.4, -0.2) is 24.7 Å². The number of rotatable bonds is 1. The number of hydrogen-bond donors (Lipinski definition) is 3. The van der Waals surface area contributed by atoms with Crippen LogP contribution in [0.2, 0.25) is 0 Å². The second-order valence-corrected chi connectivity index (χ2v) is 5.21. The summed E-state index contributed by atoms with van der Waals surface area (Å²) in [6.07, 6.45) is 0. The van der Waals surface area contributed by atoms with Crippen LogP contribution in [0.5, 0.6) is 5.75 Å². The third kappa shape index (κ3) is 2.36. The largest absolute Gasteiger partial charge is 0.506 e. The van der Waals surface area contributed by atoms with E-state index in [1.54, 1.807) is 0 Å². The normalized spacial score (nSPS) is 21.6. The van der Waals surface area contributed by atoms with Gasteiger partial charge in [0.1, 0.15) is 5.75 Å². The standard InChI is InChI=1S/C10H12Br2N2O/c11-6-1-2-7(12)10(15)9(6)8-5-13-3-4-14-8/h1-2,8,13-15H,3-5H2/t8-/m1/s1. The zero-order chi connectivity index (χ0) is 10.8. The highest BCUT2D eigenvalue weighted by atomic mass is 79.9. The van der Waals surface area contributed by atoms with Crippen molar-refractivity contribution < 1.29 is 5.11 Å². The van der Waals surface area contributed by atoms with Gasteiger partial charge in [0.15, 0.2) is 0 Å². The van der Waals surface area contributed by atoms with Crippen LogP contribution >= 0.6 is 31.9 Å². The quantitative estimate of drug-likeness (QED) is 0.737. The van der Waals surface area contributed by atoms with E-state index in [0.717, 1.165) is 34.1 Å². The maximum Gasteiger partial charge on any atom is 0.135 e. The van der Waals surface area contributed by atoms with Crippen LogP contribution in [0.1, 0.15) is 11.6 Å². The first-order valence-corrected chi connectivity index (χ1v) is 6.39. The summed E-state index contributed by atoms with van der Waals surface area (Å²) in [6.45, 7) is 2.73. The summed E-state index contributed by atoms with van der Waals surface area (Å²) in [5.41, 5.74) is 0.913. The molecule has 1 atom stereocenters. The highest BCUT2D eigenvalue weighted by molar-refractivity contribution is 9.11. The SMILES string of the molecule is Oc1c(Br)ccc(Br)c1[C@H]1CNCCN1. The Kier molecular flexibility index (Phi) is 3.66. The summed E-state index contributed by atoms with van der Waals surface area (Å²) in [6, 6.07) is 3.93. The Morgan fingerprint density at radius 2 is 1.93 bits per heavy atom. The van der Waals surface area contributed by atoms with E-state index in [2.05, 4.69) is 42.5 Å². The molecule has 1 heterocycles. The minimum atomic E-state index is 0.158. The van der Waals surface area contributed by atoms with Crippen molar-refractivity contribution in [3.63, 3.8) is 0 Å². The number of halogens is 2. The summed E-state index contributed by atoms with van der Waals surface area (Å²) in [4.78, 5) is 0. The number of piperazine rings is 1. The van der Waals surface area contributed by atoms with E-state index in [4.69, 9.17) is 0 Å². The minimum Gasteiger partial charge on any atom is -0.506 e. The van der Waals surface area contributed by atoms with Crippen molar-refractivity contribution in [2.24, 2.45) is 0 Å². The summed E-state index contributed by atoms with van der Waals surface area (Å²) in [5, 5.41) is 16.7. The first-order valence-electron chi connectivity index (χ1n) is 4.81. The molecule has 0 radical (unpaired) electrons. The lowest BCUT2D eigenvalue weighted by Gasteiger charge is -2.26. The summed E-state index contributed by atoms with van der Waals surface area (Å²) in [7, 11) is 0. The van der Waals surface area contributed by atoms with E-state index in [1.165, 1.54) is 0 Å². The van der Waals surface area contributed by atoms with Crippen molar-refractivity contribution in [3.8, 4) is 5.75 Å². The maximum atomic E-state index is 9.99. The monoisotopic (exact) mass is 334 g/mol. The minimum absolute atomic E-state index is 0.158. The fourth-order valence-electron chi connectivity index (χ4n) is 1.75. The van der Waals surface area contributed by atoms with Crippen molar-refractivity contribution in [3.05, 3.63) is 26.6 Å². The Morgan fingerprint density at radius 3 is 2.60 bits per heavy atom. The number of hydrogen-bond acceptors (Lipinski definition) is 3. The zero-order valence-corrected chi connectivity index (χ0v) is 11.2. The molecule has 0 bridgehead atoms. The van der Waals surface area contributed by atoms with Gasteiger partial charge in [-0.3, -0.25) is 0 Å². The van der Waals surface area contributed by atoms with E-state index in [9.17, 15) is 5.11 Å². The third-order valence-electron chi connectivity index (χ3n) is 2.50. The lowest BCUT2D eigenvalue weighted by Crippen LogP contribution is -2.42. The molecule has 0 saturated carbocycles. The predicted octanol–water partition coefficient (Wildman–Crippen LogP) is 2.15. The van der Waals surface area contributed by atoms with Gasteiger partial charge in [0, 0.05) is 35.7 Å². The molecule has 3 nitrogen and oxygen atoms in total. The molecule has 2 rings (SSSR count). The maximum absolute atomic E-state index is 9.99. The summed E-state index contributed by atoms with van der Waals surface area (Å²) < 4.78 is 1.66. The van der Waals surface area contributed by atoms with Crippen molar-refractivity contribution in [1.82, 2.24) is 10.6 Å². The number of benzene rings is 1. The van der Waals surface area contributed by atoms with Crippen molar-refractivity contribution in [2.75, 3.05) is 19.6 Å². The van der Waals surface area contributed by atoms with Crippen LogP contribution in [0.25, 0.3) is 0 Å². The zero-order valence-electron chi connectivity index (χ0n) is 8.06. The van der Waals surface area contributed by atoms with Crippen LogP contribution in [0.15, 0.2) is 21.1 Å². The smallest absolute Gasteiger partial charge is 0.135 e. The number of phenols is 1. The Labute approximate surface area is 106 Å². The molecule has 1 aromatic rings. The molecule has 0 aliphatic carbocycles. The molecule has 15 heavy (non-hydrogen) atoms. The van der Waals surface area contributed by atoms with Crippen molar-refractivity contribution in [2.45, 2.75) is 6.04 Å². The molecule has 1 fully saturated rings. The topological polar surface area (TPSA) is 44.3 Å². The van der Waals surface area contributed by atoms with E-state index >= 15 is 0 Å². The predicted molar refractivity (Wildman–Crippen MR) is 67.1 cm³/mol. The van der Waals surface area contributed by atoms with E-state index in [0.29, 0.717) is 5.75 Å². The van der Waals surface area contributed by atoms with Crippen LogP contribution in [-0.2, 0) is 0 Å². The van der Waals surface area contributed by atoms with Gasteiger partial charge in [-0.1, -0.05) is 15.9 Å². The molecule has 5 heteroatoms. The Bertz CT molecular complexity index is 365. The van der Waals surface area contributed by atoms with Gasteiger partial charge in [0.2, 0.25) is 0 Å². The van der Waals surface area contributed by atoms with Gasteiger partial charge in [-0.05, 0) is 28.1 Å². The van der Waals surface area contributed by atoms with Gasteiger partial charge in [0.05, 0.1) is 4.47 Å². The van der Waals surface area contributed by atoms with Gasteiger partial charge >= 0.3 is 0 Å². The molecular formula is C10H12Br2N2O. The molecule has 1 aliphatic rings.